The molecule has 1 aliphatic rings. The molecule has 1 heterocycles. The Morgan fingerprint density at radius 2 is 2.00 bits per heavy atom. The van der Waals surface area contributed by atoms with Gasteiger partial charge in [0.05, 0.1) is 0 Å². The van der Waals surface area contributed by atoms with E-state index in [1.165, 1.54) is 31.5 Å². The van der Waals surface area contributed by atoms with Crippen molar-refractivity contribution in [3.63, 3.8) is 0 Å². The topological polar surface area (TPSA) is 24.1 Å². The molecule has 2 nitrogen and oxygen atoms in total. The van der Waals surface area contributed by atoms with Crippen molar-refractivity contribution < 1.29 is 0 Å². The highest BCUT2D eigenvalue weighted by atomic mass is 15.0. The molecule has 0 spiro atoms. The molecule has 1 fully saturated rings. The molecule has 1 aromatic carbocycles. The third-order valence-electron chi connectivity index (χ3n) is 4.01. The van der Waals surface area contributed by atoms with Gasteiger partial charge in [-0.05, 0) is 49.4 Å². The number of hydrogen-bond donors (Lipinski definition) is 2. The molecule has 2 rings (SSSR count). The first-order valence-electron chi connectivity index (χ1n) is 7.56. The molecule has 2 unspecified atom stereocenters. The Morgan fingerprint density at radius 3 is 2.58 bits per heavy atom. The molecule has 19 heavy (non-hydrogen) atoms. The molecule has 2 heteroatoms. The average Bonchev–Trinajstić information content (AvgIpc) is 2.40. The summed E-state index contributed by atoms with van der Waals surface area (Å²) in [5, 5.41) is 7.30. The van der Waals surface area contributed by atoms with Crippen molar-refractivity contribution in [3.05, 3.63) is 35.9 Å². The zero-order valence-corrected chi connectivity index (χ0v) is 12.6. The molecule has 106 valence electrons. The van der Waals surface area contributed by atoms with Crippen LogP contribution in [0.5, 0.6) is 0 Å². The fraction of sp³-hybridized carbons (Fsp3) is 0.647. The van der Waals surface area contributed by atoms with Gasteiger partial charge in [0.2, 0.25) is 0 Å². The quantitative estimate of drug-likeness (QED) is 0.867. The minimum absolute atomic E-state index is 0.240. The molecule has 1 saturated heterocycles. The molecule has 2 N–H and O–H groups in total. The molecule has 1 aliphatic heterocycles. The monoisotopic (exact) mass is 260 g/mol. The lowest BCUT2D eigenvalue weighted by molar-refractivity contribution is 0.248. The maximum absolute atomic E-state index is 3.81. The summed E-state index contributed by atoms with van der Waals surface area (Å²) in [5.41, 5.74) is 1.64. The van der Waals surface area contributed by atoms with E-state index in [2.05, 4.69) is 61.7 Å². The SMILES string of the molecule is CC(C)(C)C(NCC1CCCNC1)c1ccccc1. The van der Waals surface area contributed by atoms with Crippen LogP contribution in [-0.4, -0.2) is 19.6 Å². The van der Waals surface area contributed by atoms with Gasteiger partial charge in [0.1, 0.15) is 0 Å². The Morgan fingerprint density at radius 1 is 1.26 bits per heavy atom. The van der Waals surface area contributed by atoms with Gasteiger partial charge in [-0.3, -0.25) is 0 Å². The highest BCUT2D eigenvalue weighted by Crippen LogP contribution is 2.32. The van der Waals surface area contributed by atoms with Crippen LogP contribution in [0.4, 0.5) is 0 Å². The average molecular weight is 260 g/mol. The van der Waals surface area contributed by atoms with Crippen LogP contribution in [0.1, 0.15) is 45.2 Å². The van der Waals surface area contributed by atoms with Crippen LogP contribution in [0.2, 0.25) is 0 Å². The predicted molar refractivity (Wildman–Crippen MR) is 82.2 cm³/mol. The molecule has 2 atom stereocenters. The minimum Gasteiger partial charge on any atom is -0.316 e. The largest absolute Gasteiger partial charge is 0.316 e. The van der Waals surface area contributed by atoms with Crippen LogP contribution in [0, 0.1) is 11.3 Å². The van der Waals surface area contributed by atoms with Gasteiger partial charge in [0, 0.05) is 6.04 Å². The van der Waals surface area contributed by atoms with E-state index in [4.69, 9.17) is 0 Å². The summed E-state index contributed by atoms with van der Waals surface area (Å²) in [5.74, 6) is 0.780. The lowest BCUT2D eigenvalue weighted by Crippen LogP contribution is -2.40. The van der Waals surface area contributed by atoms with Gasteiger partial charge in [0.15, 0.2) is 0 Å². The highest BCUT2D eigenvalue weighted by Gasteiger charge is 2.26. The van der Waals surface area contributed by atoms with Gasteiger partial charge < -0.3 is 10.6 Å². The van der Waals surface area contributed by atoms with E-state index in [0.29, 0.717) is 6.04 Å². The maximum atomic E-state index is 3.81. The van der Waals surface area contributed by atoms with Gasteiger partial charge in [-0.1, -0.05) is 51.1 Å². The van der Waals surface area contributed by atoms with E-state index >= 15 is 0 Å². The molecule has 0 aliphatic carbocycles. The van der Waals surface area contributed by atoms with Crippen molar-refractivity contribution in [1.29, 1.82) is 0 Å². The van der Waals surface area contributed by atoms with Crippen molar-refractivity contribution in [3.8, 4) is 0 Å². The second-order valence-corrected chi connectivity index (χ2v) is 6.83. The first-order valence-corrected chi connectivity index (χ1v) is 7.56. The highest BCUT2D eigenvalue weighted by molar-refractivity contribution is 5.20. The van der Waals surface area contributed by atoms with Crippen LogP contribution in [0.3, 0.4) is 0 Å². The molecule has 1 aromatic rings. The van der Waals surface area contributed by atoms with Gasteiger partial charge in [0.25, 0.3) is 0 Å². The normalized spacial score (nSPS) is 22.2. The standard InChI is InChI=1S/C17H28N2/c1-17(2,3)16(15-9-5-4-6-10-15)19-13-14-8-7-11-18-12-14/h4-6,9-10,14,16,18-19H,7-8,11-13H2,1-3H3. The van der Waals surface area contributed by atoms with Crippen LogP contribution >= 0.6 is 0 Å². The molecule has 0 aromatic heterocycles. The van der Waals surface area contributed by atoms with Crippen molar-refractivity contribution in [1.82, 2.24) is 10.6 Å². The summed E-state index contributed by atoms with van der Waals surface area (Å²) in [4.78, 5) is 0. The van der Waals surface area contributed by atoms with Gasteiger partial charge in [-0.2, -0.15) is 0 Å². The van der Waals surface area contributed by atoms with Crippen LogP contribution in [0.15, 0.2) is 30.3 Å². The predicted octanol–water partition coefficient (Wildman–Crippen LogP) is 3.36. The molecule has 0 saturated carbocycles. The first-order chi connectivity index (χ1) is 9.07. The maximum Gasteiger partial charge on any atom is 0.0369 e. The summed E-state index contributed by atoms with van der Waals surface area (Å²) in [6.07, 6.45) is 2.67. The first kappa shape index (κ1) is 14.5. The van der Waals surface area contributed by atoms with Gasteiger partial charge >= 0.3 is 0 Å². The third kappa shape index (κ3) is 4.32. The van der Waals surface area contributed by atoms with Crippen LogP contribution in [-0.2, 0) is 0 Å². The summed E-state index contributed by atoms with van der Waals surface area (Å²) >= 11 is 0. The minimum atomic E-state index is 0.240. The van der Waals surface area contributed by atoms with Crippen LogP contribution in [0.25, 0.3) is 0 Å². The summed E-state index contributed by atoms with van der Waals surface area (Å²) in [6.45, 7) is 10.4. The van der Waals surface area contributed by atoms with Crippen molar-refractivity contribution in [2.45, 2.75) is 39.7 Å². The van der Waals surface area contributed by atoms with E-state index in [1.54, 1.807) is 0 Å². The van der Waals surface area contributed by atoms with E-state index < -0.39 is 0 Å². The number of piperidine rings is 1. The zero-order valence-electron chi connectivity index (χ0n) is 12.6. The van der Waals surface area contributed by atoms with Crippen molar-refractivity contribution in [2.24, 2.45) is 11.3 Å². The second kappa shape index (κ2) is 6.53. The number of nitrogens with one attached hydrogen (secondary N) is 2. The zero-order chi connectivity index (χ0) is 13.7. The van der Waals surface area contributed by atoms with E-state index in [1.807, 2.05) is 0 Å². The van der Waals surface area contributed by atoms with E-state index in [-0.39, 0.29) is 5.41 Å². The van der Waals surface area contributed by atoms with Crippen molar-refractivity contribution in [2.75, 3.05) is 19.6 Å². The molecule has 0 amide bonds. The summed E-state index contributed by atoms with van der Waals surface area (Å²) in [6, 6.07) is 11.3. The Hall–Kier alpha value is -0.860. The van der Waals surface area contributed by atoms with Gasteiger partial charge in [-0.15, -0.1) is 0 Å². The van der Waals surface area contributed by atoms with Gasteiger partial charge in [-0.25, -0.2) is 0 Å². The summed E-state index contributed by atoms with van der Waals surface area (Å²) in [7, 11) is 0. The fourth-order valence-electron chi connectivity index (χ4n) is 2.95. The van der Waals surface area contributed by atoms with E-state index in [9.17, 15) is 0 Å². The molecule has 0 radical (unpaired) electrons. The lowest BCUT2D eigenvalue weighted by Gasteiger charge is -2.34. The Balaban J connectivity index is 1.99. The Kier molecular flexibility index (Phi) is 5.00. The number of benzene rings is 1. The van der Waals surface area contributed by atoms with Crippen LogP contribution < -0.4 is 10.6 Å². The third-order valence-corrected chi connectivity index (χ3v) is 4.01. The second-order valence-electron chi connectivity index (χ2n) is 6.83. The Bertz CT molecular complexity index is 361. The summed E-state index contributed by atoms with van der Waals surface area (Å²) < 4.78 is 0. The number of hydrogen-bond acceptors (Lipinski definition) is 2. The smallest absolute Gasteiger partial charge is 0.0369 e. The van der Waals surface area contributed by atoms with E-state index in [0.717, 1.165) is 12.5 Å². The molecular weight excluding hydrogens is 232 g/mol. The molecule has 0 bridgehead atoms. The lowest BCUT2D eigenvalue weighted by atomic mass is 9.82. The molecular formula is C17H28N2. The number of rotatable bonds is 4. The fourth-order valence-corrected chi connectivity index (χ4v) is 2.95. The van der Waals surface area contributed by atoms with Crippen molar-refractivity contribution >= 4 is 0 Å². The Labute approximate surface area is 118 Å².